The molecule has 3 heteroatoms. The van der Waals surface area contributed by atoms with Gasteiger partial charge < -0.3 is 9.16 Å². The zero-order valence-corrected chi connectivity index (χ0v) is 11.9. The molecule has 1 aromatic carbocycles. The highest BCUT2D eigenvalue weighted by atomic mass is 28.2. The Morgan fingerprint density at radius 1 is 1.25 bits per heavy atom. The summed E-state index contributed by atoms with van der Waals surface area (Å²) in [5.41, 5.74) is 1.45. The third-order valence-electron chi connectivity index (χ3n) is 2.66. The predicted molar refractivity (Wildman–Crippen MR) is 70.8 cm³/mol. The number of hydrogen-bond acceptors (Lipinski definition) is 2. The summed E-state index contributed by atoms with van der Waals surface area (Å²) in [4.78, 5) is 0. The molecule has 1 unspecified atom stereocenters. The van der Waals surface area contributed by atoms with E-state index in [1.807, 2.05) is 0 Å². The smallest absolute Gasteiger partial charge is 0.196 e. The molecular formula is C13H22O2Si. The van der Waals surface area contributed by atoms with Crippen LogP contribution in [0.2, 0.25) is 0 Å². The lowest BCUT2D eigenvalue weighted by Crippen LogP contribution is -2.27. The van der Waals surface area contributed by atoms with Crippen molar-refractivity contribution in [3.63, 3.8) is 0 Å². The van der Waals surface area contributed by atoms with Crippen molar-refractivity contribution in [2.24, 2.45) is 0 Å². The standard InChI is InChI=1S/C13H22O2Si/c1-4-8-11-9-6-7-10-12(11)16-15-13(5-2)14-3/h6-7,9-10,13H,4-5,8,16H2,1-3H3. The number of benzene rings is 1. The van der Waals surface area contributed by atoms with E-state index in [4.69, 9.17) is 9.16 Å². The second kappa shape index (κ2) is 7.60. The monoisotopic (exact) mass is 238 g/mol. The molecule has 0 bridgehead atoms. The topological polar surface area (TPSA) is 18.5 Å². The average molecular weight is 238 g/mol. The molecule has 0 fully saturated rings. The summed E-state index contributed by atoms with van der Waals surface area (Å²) < 4.78 is 11.1. The number of aryl methyl sites for hydroxylation is 1. The van der Waals surface area contributed by atoms with Crippen LogP contribution in [0.1, 0.15) is 32.3 Å². The summed E-state index contributed by atoms with van der Waals surface area (Å²) in [7, 11) is 1.05. The van der Waals surface area contributed by atoms with Crippen LogP contribution in [0.4, 0.5) is 0 Å². The zero-order chi connectivity index (χ0) is 11.8. The van der Waals surface area contributed by atoms with Gasteiger partial charge in [-0.05, 0) is 23.6 Å². The summed E-state index contributed by atoms with van der Waals surface area (Å²) in [6.07, 6.45) is 3.23. The highest BCUT2D eigenvalue weighted by Crippen LogP contribution is 2.02. The van der Waals surface area contributed by atoms with Crippen molar-refractivity contribution in [1.82, 2.24) is 0 Å². The summed E-state index contributed by atoms with van der Waals surface area (Å²) in [5.74, 6) is 0. The molecule has 0 spiro atoms. The minimum Gasteiger partial charge on any atom is -0.394 e. The molecule has 0 aromatic heterocycles. The number of rotatable bonds is 7. The largest absolute Gasteiger partial charge is 0.394 e. The molecule has 0 aliphatic carbocycles. The molecular weight excluding hydrogens is 216 g/mol. The maximum atomic E-state index is 5.83. The molecule has 0 saturated heterocycles. The molecule has 0 amide bonds. The maximum absolute atomic E-state index is 5.83. The van der Waals surface area contributed by atoms with E-state index in [1.54, 1.807) is 7.11 Å². The van der Waals surface area contributed by atoms with E-state index in [-0.39, 0.29) is 6.29 Å². The van der Waals surface area contributed by atoms with Crippen LogP contribution in [0.3, 0.4) is 0 Å². The van der Waals surface area contributed by atoms with E-state index in [0.29, 0.717) is 0 Å². The molecule has 1 atom stereocenters. The lowest BCUT2D eigenvalue weighted by atomic mass is 10.1. The fraction of sp³-hybridized carbons (Fsp3) is 0.538. The lowest BCUT2D eigenvalue weighted by Gasteiger charge is -2.15. The Balaban J connectivity index is 2.58. The SMILES string of the molecule is CCCc1ccccc1[SiH2]OC(CC)OC. The van der Waals surface area contributed by atoms with Crippen LogP contribution in [-0.4, -0.2) is 23.2 Å². The minimum absolute atomic E-state index is 0.0265. The Bertz CT molecular complexity index is 298. The normalized spacial score (nSPS) is 13.4. The van der Waals surface area contributed by atoms with E-state index in [9.17, 15) is 0 Å². The third kappa shape index (κ3) is 4.08. The molecule has 90 valence electrons. The molecule has 0 aliphatic heterocycles. The predicted octanol–water partition coefficient (Wildman–Crippen LogP) is 1.75. The molecule has 0 radical (unpaired) electrons. The molecule has 0 N–H and O–H groups in total. The molecule has 16 heavy (non-hydrogen) atoms. The Morgan fingerprint density at radius 2 is 2.00 bits per heavy atom. The van der Waals surface area contributed by atoms with Crippen molar-refractivity contribution < 1.29 is 9.16 Å². The van der Waals surface area contributed by atoms with Gasteiger partial charge in [0.05, 0.1) is 0 Å². The molecule has 0 saturated carbocycles. The Hall–Kier alpha value is -0.643. The lowest BCUT2D eigenvalue weighted by molar-refractivity contribution is -0.0525. The van der Waals surface area contributed by atoms with Crippen LogP contribution in [0.15, 0.2) is 24.3 Å². The summed E-state index contributed by atoms with van der Waals surface area (Å²) in [6.45, 7) is 4.30. The summed E-state index contributed by atoms with van der Waals surface area (Å²) in [6, 6.07) is 8.61. The average Bonchev–Trinajstić information content (AvgIpc) is 2.33. The highest BCUT2D eigenvalue weighted by Gasteiger charge is 2.07. The second-order valence-electron chi connectivity index (χ2n) is 3.90. The molecule has 2 nitrogen and oxygen atoms in total. The van der Waals surface area contributed by atoms with Gasteiger partial charge in [0.15, 0.2) is 9.76 Å². The molecule has 1 aromatic rings. The fourth-order valence-electron chi connectivity index (χ4n) is 1.75. The van der Waals surface area contributed by atoms with Gasteiger partial charge >= 0.3 is 0 Å². The van der Waals surface area contributed by atoms with Crippen molar-refractivity contribution in [1.29, 1.82) is 0 Å². The van der Waals surface area contributed by atoms with Gasteiger partial charge in [0.1, 0.15) is 6.29 Å². The first-order valence-corrected chi connectivity index (χ1v) is 7.31. The Labute approximate surface area is 101 Å². The van der Waals surface area contributed by atoms with Crippen LogP contribution in [0.5, 0.6) is 0 Å². The summed E-state index contributed by atoms with van der Waals surface area (Å²) >= 11 is 0. The van der Waals surface area contributed by atoms with Crippen molar-refractivity contribution >= 4 is 14.9 Å². The molecule has 0 aliphatic rings. The van der Waals surface area contributed by atoms with Crippen LogP contribution < -0.4 is 5.19 Å². The first-order chi connectivity index (χ1) is 7.81. The van der Waals surface area contributed by atoms with E-state index in [2.05, 4.69) is 38.1 Å². The number of hydrogen-bond donors (Lipinski definition) is 0. The van der Waals surface area contributed by atoms with Gasteiger partial charge in [0.2, 0.25) is 0 Å². The van der Waals surface area contributed by atoms with Gasteiger partial charge in [-0.3, -0.25) is 0 Å². The van der Waals surface area contributed by atoms with Gasteiger partial charge in [-0.15, -0.1) is 0 Å². The van der Waals surface area contributed by atoms with E-state index in [1.165, 1.54) is 17.2 Å². The first kappa shape index (κ1) is 13.4. The quantitative estimate of drug-likeness (QED) is 0.532. The van der Waals surface area contributed by atoms with Crippen molar-refractivity contribution in [2.75, 3.05) is 7.11 Å². The third-order valence-corrected chi connectivity index (χ3v) is 4.20. The van der Waals surface area contributed by atoms with Gasteiger partial charge in [0, 0.05) is 7.11 Å². The van der Waals surface area contributed by atoms with Crippen LogP contribution in [0, 0.1) is 0 Å². The van der Waals surface area contributed by atoms with Gasteiger partial charge in [-0.25, -0.2) is 0 Å². The maximum Gasteiger partial charge on any atom is 0.196 e. The summed E-state index contributed by atoms with van der Waals surface area (Å²) in [5, 5.41) is 1.42. The minimum atomic E-state index is -0.655. The van der Waals surface area contributed by atoms with E-state index < -0.39 is 9.76 Å². The number of ether oxygens (including phenoxy) is 1. The zero-order valence-electron chi connectivity index (χ0n) is 10.5. The fourth-order valence-corrected chi connectivity index (χ4v) is 3.20. The second-order valence-corrected chi connectivity index (χ2v) is 5.29. The Kier molecular flexibility index (Phi) is 6.38. The molecule has 1 rings (SSSR count). The van der Waals surface area contributed by atoms with Gasteiger partial charge in [-0.2, -0.15) is 0 Å². The van der Waals surface area contributed by atoms with Gasteiger partial charge in [0.25, 0.3) is 0 Å². The van der Waals surface area contributed by atoms with Crippen LogP contribution in [0.25, 0.3) is 0 Å². The van der Waals surface area contributed by atoms with E-state index in [0.717, 1.165) is 12.8 Å². The Morgan fingerprint density at radius 3 is 2.62 bits per heavy atom. The van der Waals surface area contributed by atoms with Gasteiger partial charge in [-0.1, -0.05) is 44.5 Å². The van der Waals surface area contributed by atoms with Crippen molar-refractivity contribution in [3.05, 3.63) is 29.8 Å². The van der Waals surface area contributed by atoms with Crippen molar-refractivity contribution in [3.8, 4) is 0 Å². The van der Waals surface area contributed by atoms with E-state index >= 15 is 0 Å². The van der Waals surface area contributed by atoms with Crippen LogP contribution in [-0.2, 0) is 15.6 Å². The first-order valence-electron chi connectivity index (χ1n) is 6.03. The molecule has 0 heterocycles. The number of methoxy groups -OCH3 is 1. The highest BCUT2D eigenvalue weighted by molar-refractivity contribution is 6.47. The van der Waals surface area contributed by atoms with Crippen LogP contribution >= 0.6 is 0 Å². The van der Waals surface area contributed by atoms with Crippen molar-refractivity contribution in [2.45, 2.75) is 39.4 Å².